The Kier molecular flexibility index (Phi) is 5.09. The van der Waals surface area contributed by atoms with Crippen LogP contribution in [0.25, 0.3) is 0 Å². The SMILES string of the molecule is CCCCCCNC(=O)C1(CN)CCC1. The number of nitrogens with two attached hydrogens (primary N) is 1. The first-order chi connectivity index (χ1) is 7.25. The molecule has 3 N–H and O–H groups in total. The maximum Gasteiger partial charge on any atom is 0.227 e. The van der Waals surface area contributed by atoms with Gasteiger partial charge in [-0.2, -0.15) is 0 Å². The van der Waals surface area contributed by atoms with Crippen LogP contribution in [-0.2, 0) is 4.79 Å². The monoisotopic (exact) mass is 212 g/mol. The first-order valence-electron chi connectivity index (χ1n) is 6.23. The fourth-order valence-corrected chi connectivity index (χ4v) is 2.07. The largest absolute Gasteiger partial charge is 0.356 e. The Morgan fingerprint density at radius 1 is 1.33 bits per heavy atom. The summed E-state index contributed by atoms with van der Waals surface area (Å²) >= 11 is 0. The summed E-state index contributed by atoms with van der Waals surface area (Å²) in [5.41, 5.74) is 5.46. The first-order valence-corrected chi connectivity index (χ1v) is 6.23. The summed E-state index contributed by atoms with van der Waals surface area (Å²) in [6, 6.07) is 0. The van der Waals surface area contributed by atoms with Crippen molar-refractivity contribution in [2.24, 2.45) is 11.1 Å². The van der Waals surface area contributed by atoms with E-state index in [0.717, 1.165) is 32.2 Å². The average molecular weight is 212 g/mol. The van der Waals surface area contributed by atoms with E-state index < -0.39 is 0 Å². The first kappa shape index (κ1) is 12.5. The van der Waals surface area contributed by atoms with Gasteiger partial charge in [0, 0.05) is 13.1 Å². The van der Waals surface area contributed by atoms with Gasteiger partial charge in [-0.05, 0) is 19.3 Å². The zero-order chi connectivity index (χ0) is 11.1. The number of hydrogen-bond acceptors (Lipinski definition) is 2. The number of carbonyl (C=O) groups is 1. The minimum Gasteiger partial charge on any atom is -0.356 e. The van der Waals surface area contributed by atoms with Crippen molar-refractivity contribution in [3.8, 4) is 0 Å². The Morgan fingerprint density at radius 3 is 2.53 bits per heavy atom. The minimum absolute atomic E-state index is 0.188. The molecule has 0 aromatic carbocycles. The molecule has 1 rings (SSSR count). The molecule has 0 spiro atoms. The van der Waals surface area contributed by atoms with Crippen LogP contribution in [0.15, 0.2) is 0 Å². The second-order valence-corrected chi connectivity index (χ2v) is 4.65. The van der Waals surface area contributed by atoms with Crippen LogP contribution >= 0.6 is 0 Å². The standard InChI is InChI=1S/C12H24N2O/c1-2-3-4-5-9-14-11(15)12(10-13)7-6-8-12/h2-10,13H2,1H3,(H,14,15). The quantitative estimate of drug-likeness (QED) is 0.632. The highest BCUT2D eigenvalue weighted by Gasteiger charge is 2.42. The molecule has 3 nitrogen and oxygen atoms in total. The topological polar surface area (TPSA) is 55.1 Å². The van der Waals surface area contributed by atoms with E-state index in [1.54, 1.807) is 0 Å². The highest BCUT2D eigenvalue weighted by Crippen LogP contribution is 2.39. The molecule has 0 atom stereocenters. The molecule has 0 radical (unpaired) electrons. The van der Waals surface area contributed by atoms with Crippen molar-refractivity contribution in [1.82, 2.24) is 5.32 Å². The second kappa shape index (κ2) is 6.11. The fraction of sp³-hybridized carbons (Fsp3) is 0.917. The van der Waals surface area contributed by atoms with Crippen LogP contribution in [0.2, 0.25) is 0 Å². The number of unbranched alkanes of at least 4 members (excludes halogenated alkanes) is 3. The van der Waals surface area contributed by atoms with Crippen LogP contribution in [-0.4, -0.2) is 19.0 Å². The summed E-state index contributed by atoms with van der Waals surface area (Å²) in [5, 5.41) is 3.02. The maximum atomic E-state index is 11.8. The van der Waals surface area contributed by atoms with E-state index in [0.29, 0.717) is 6.54 Å². The van der Waals surface area contributed by atoms with E-state index in [4.69, 9.17) is 5.73 Å². The molecule has 0 heterocycles. The van der Waals surface area contributed by atoms with Gasteiger partial charge in [0.1, 0.15) is 0 Å². The molecule has 0 aromatic rings. The van der Waals surface area contributed by atoms with Crippen LogP contribution in [0.5, 0.6) is 0 Å². The molecule has 1 saturated carbocycles. The third-order valence-corrected chi connectivity index (χ3v) is 3.50. The van der Waals surface area contributed by atoms with Crippen molar-refractivity contribution in [3.05, 3.63) is 0 Å². The van der Waals surface area contributed by atoms with Gasteiger partial charge >= 0.3 is 0 Å². The molecule has 0 bridgehead atoms. The van der Waals surface area contributed by atoms with Gasteiger partial charge in [0.25, 0.3) is 0 Å². The van der Waals surface area contributed by atoms with Crippen LogP contribution < -0.4 is 11.1 Å². The minimum atomic E-state index is -0.204. The van der Waals surface area contributed by atoms with Gasteiger partial charge in [-0.25, -0.2) is 0 Å². The van der Waals surface area contributed by atoms with Crippen molar-refractivity contribution in [2.75, 3.05) is 13.1 Å². The second-order valence-electron chi connectivity index (χ2n) is 4.65. The van der Waals surface area contributed by atoms with Crippen molar-refractivity contribution >= 4 is 5.91 Å². The van der Waals surface area contributed by atoms with Crippen molar-refractivity contribution in [1.29, 1.82) is 0 Å². The van der Waals surface area contributed by atoms with Crippen LogP contribution in [0.4, 0.5) is 0 Å². The van der Waals surface area contributed by atoms with Gasteiger partial charge in [-0.1, -0.05) is 32.6 Å². The zero-order valence-electron chi connectivity index (χ0n) is 9.85. The van der Waals surface area contributed by atoms with Gasteiger partial charge in [0.05, 0.1) is 5.41 Å². The Labute approximate surface area is 92.8 Å². The molecule has 88 valence electrons. The van der Waals surface area contributed by atoms with Gasteiger partial charge < -0.3 is 11.1 Å². The molecule has 1 aliphatic rings. The van der Waals surface area contributed by atoms with E-state index in [1.807, 2.05) is 0 Å². The van der Waals surface area contributed by atoms with Gasteiger partial charge in [-0.15, -0.1) is 0 Å². The molecule has 0 aromatic heterocycles. The lowest BCUT2D eigenvalue weighted by Crippen LogP contribution is -2.50. The van der Waals surface area contributed by atoms with Crippen molar-refractivity contribution in [2.45, 2.75) is 51.9 Å². The summed E-state index contributed by atoms with van der Waals surface area (Å²) < 4.78 is 0. The summed E-state index contributed by atoms with van der Waals surface area (Å²) in [4.78, 5) is 11.8. The average Bonchev–Trinajstić information content (AvgIpc) is 2.17. The number of carbonyl (C=O) groups excluding carboxylic acids is 1. The highest BCUT2D eigenvalue weighted by molar-refractivity contribution is 5.83. The van der Waals surface area contributed by atoms with Crippen molar-refractivity contribution in [3.63, 3.8) is 0 Å². The van der Waals surface area contributed by atoms with E-state index in [1.165, 1.54) is 19.3 Å². The Morgan fingerprint density at radius 2 is 2.07 bits per heavy atom. The molecule has 0 saturated heterocycles. The Bertz CT molecular complexity index is 194. The summed E-state index contributed by atoms with van der Waals surface area (Å²) in [5.74, 6) is 0.188. The smallest absolute Gasteiger partial charge is 0.227 e. The van der Waals surface area contributed by atoms with Crippen molar-refractivity contribution < 1.29 is 4.79 Å². The molecular weight excluding hydrogens is 188 g/mol. The third-order valence-electron chi connectivity index (χ3n) is 3.50. The molecule has 3 heteroatoms. The number of nitrogens with one attached hydrogen (secondary N) is 1. The predicted molar refractivity (Wildman–Crippen MR) is 62.5 cm³/mol. The number of rotatable bonds is 7. The number of amides is 1. The zero-order valence-corrected chi connectivity index (χ0v) is 9.85. The lowest BCUT2D eigenvalue weighted by atomic mass is 9.68. The Balaban J connectivity index is 2.12. The molecule has 1 fully saturated rings. The van der Waals surface area contributed by atoms with E-state index in [2.05, 4.69) is 12.2 Å². The van der Waals surface area contributed by atoms with Crippen LogP contribution in [0, 0.1) is 5.41 Å². The van der Waals surface area contributed by atoms with E-state index >= 15 is 0 Å². The molecule has 1 aliphatic carbocycles. The molecular formula is C12H24N2O. The predicted octanol–water partition coefficient (Wildman–Crippen LogP) is 1.81. The number of hydrogen-bond donors (Lipinski definition) is 2. The molecule has 0 aliphatic heterocycles. The Hall–Kier alpha value is -0.570. The molecule has 1 amide bonds. The van der Waals surface area contributed by atoms with E-state index in [9.17, 15) is 4.79 Å². The van der Waals surface area contributed by atoms with Gasteiger partial charge in [0.2, 0.25) is 5.91 Å². The van der Waals surface area contributed by atoms with Gasteiger partial charge in [0.15, 0.2) is 0 Å². The summed E-state index contributed by atoms with van der Waals surface area (Å²) in [7, 11) is 0. The lowest BCUT2D eigenvalue weighted by Gasteiger charge is -2.39. The highest BCUT2D eigenvalue weighted by atomic mass is 16.2. The van der Waals surface area contributed by atoms with Crippen LogP contribution in [0.1, 0.15) is 51.9 Å². The fourth-order valence-electron chi connectivity index (χ4n) is 2.07. The molecule has 0 unspecified atom stereocenters. The summed E-state index contributed by atoms with van der Waals surface area (Å²) in [6.07, 6.45) is 7.92. The third kappa shape index (κ3) is 3.20. The van der Waals surface area contributed by atoms with Crippen LogP contribution in [0.3, 0.4) is 0 Å². The normalized spacial score (nSPS) is 18.3. The van der Waals surface area contributed by atoms with Gasteiger partial charge in [-0.3, -0.25) is 4.79 Å². The van der Waals surface area contributed by atoms with E-state index in [-0.39, 0.29) is 11.3 Å². The lowest BCUT2D eigenvalue weighted by molar-refractivity contribution is -0.135. The molecule has 15 heavy (non-hydrogen) atoms. The summed E-state index contributed by atoms with van der Waals surface area (Å²) in [6.45, 7) is 3.52. The maximum absolute atomic E-state index is 11.8.